The standard InChI is InChI=1S/C6H11NO2/c8-5-1-6(9-2-5)3-7-4-6/h5,7-8H,1-4H2. The minimum absolute atomic E-state index is 0.0272. The molecular formula is C6H11NO2. The van der Waals surface area contributed by atoms with E-state index in [0.29, 0.717) is 6.61 Å². The molecule has 3 nitrogen and oxygen atoms in total. The van der Waals surface area contributed by atoms with E-state index < -0.39 is 0 Å². The Morgan fingerprint density at radius 2 is 2.33 bits per heavy atom. The van der Waals surface area contributed by atoms with Crippen LogP contribution in [0.15, 0.2) is 0 Å². The zero-order valence-electron chi connectivity index (χ0n) is 5.26. The van der Waals surface area contributed by atoms with E-state index in [4.69, 9.17) is 9.84 Å². The fourth-order valence-corrected chi connectivity index (χ4v) is 1.47. The molecule has 9 heavy (non-hydrogen) atoms. The van der Waals surface area contributed by atoms with E-state index in [1.807, 2.05) is 0 Å². The molecule has 1 atom stereocenters. The molecule has 0 saturated carbocycles. The Morgan fingerprint density at radius 3 is 2.56 bits per heavy atom. The minimum atomic E-state index is -0.216. The zero-order valence-corrected chi connectivity index (χ0v) is 5.26. The van der Waals surface area contributed by atoms with Crippen molar-refractivity contribution in [3.05, 3.63) is 0 Å². The van der Waals surface area contributed by atoms with Gasteiger partial charge in [0.1, 0.15) is 0 Å². The number of rotatable bonds is 0. The van der Waals surface area contributed by atoms with Crippen molar-refractivity contribution in [1.29, 1.82) is 0 Å². The van der Waals surface area contributed by atoms with Crippen LogP contribution in [-0.2, 0) is 4.74 Å². The number of aliphatic hydroxyl groups excluding tert-OH is 1. The molecule has 52 valence electrons. The van der Waals surface area contributed by atoms with E-state index in [1.54, 1.807) is 0 Å². The highest BCUT2D eigenvalue weighted by Gasteiger charge is 2.44. The predicted octanol–water partition coefficient (Wildman–Crippen LogP) is -0.890. The van der Waals surface area contributed by atoms with E-state index >= 15 is 0 Å². The smallest absolute Gasteiger partial charge is 0.0956 e. The molecule has 0 amide bonds. The maximum absolute atomic E-state index is 9.08. The SMILES string of the molecule is OC1COC2(CNC2)C1. The van der Waals surface area contributed by atoms with Crippen LogP contribution >= 0.6 is 0 Å². The molecule has 2 aliphatic rings. The van der Waals surface area contributed by atoms with Gasteiger partial charge in [0.2, 0.25) is 0 Å². The molecule has 2 saturated heterocycles. The van der Waals surface area contributed by atoms with Crippen molar-refractivity contribution in [3.63, 3.8) is 0 Å². The van der Waals surface area contributed by atoms with Crippen LogP contribution < -0.4 is 5.32 Å². The third-order valence-corrected chi connectivity index (χ3v) is 2.08. The van der Waals surface area contributed by atoms with E-state index in [2.05, 4.69) is 5.32 Å². The number of aliphatic hydroxyl groups is 1. The average Bonchev–Trinajstić information content (AvgIpc) is 2.09. The maximum atomic E-state index is 9.08. The number of nitrogens with one attached hydrogen (secondary N) is 1. The molecule has 0 aliphatic carbocycles. The van der Waals surface area contributed by atoms with Crippen molar-refractivity contribution < 1.29 is 9.84 Å². The van der Waals surface area contributed by atoms with Crippen LogP contribution in [0.4, 0.5) is 0 Å². The van der Waals surface area contributed by atoms with Gasteiger partial charge in [-0.25, -0.2) is 0 Å². The molecular weight excluding hydrogens is 118 g/mol. The maximum Gasteiger partial charge on any atom is 0.0956 e. The van der Waals surface area contributed by atoms with Gasteiger partial charge in [0, 0.05) is 19.5 Å². The van der Waals surface area contributed by atoms with Gasteiger partial charge in [0.05, 0.1) is 18.3 Å². The molecule has 2 rings (SSSR count). The Labute approximate surface area is 54.0 Å². The summed E-state index contributed by atoms with van der Waals surface area (Å²) in [5.41, 5.74) is 0.0272. The monoisotopic (exact) mass is 129 g/mol. The van der Waals surface area contributed by atoms with Gasteiger partial charge < -0.3 is 15.2 Å². The Morgan fingerprint density at radius 1 is 1.56 bits per heavy atom. The van der Waals surface area contributed by atoms with Crippen LogP contribution in [0.5, 0.6) is 0 Å². The summed E-state index contributed by atoms with van der Waals surface area (Å²) in [5.74, 6) is 0. The van der Waals surface area contributed by atoms with Gasteiger partial charge >= 0.3 is 0 Å². The summed E-state index contributed by atoms with van der Waals surface area (Å²) in [4.78, 5) is 0. The molecule has 1 spiro atoms. The van der Waals surface area contributed by atoms with Crippen LogP contribution in [0.2, 0.25) is 0 Å². The normalized spacial score (nSPS) is 39.0. The van der Waals surface area contributed by atoms with Crippen LogP contribution in [0.1, 0.15) is 6.42 Å². The van der Waals surface area contributed by atoms with Crippen molar-refractivity contribution >= 4 is 0 Å². The molecule has 1 unspecified atom stereocenters. The van der Waals surface area contributed by atoms with Crippen LogP contribution in [0.3, 0.4) is 0 Å². The van der Waals surface area contributed by atoms with E-state index in [9.17, 15) is 0 Å². The second-order valence-corrected chi connectivity index (χ2v) is 2.96. The van der Waals surface area contributed by atoms with Gasteiger partial charge in [-0.05, 0) is 0 Å². The first kappa shape index (κ1) is 5.65. The van der Waals surface area contributed by atoms with E-state index in [-0.39, 0.29) is 11.7 Å². The number of hydrogen-bond donors (Lipinski definition) is 2. The Hall–Kier alpha value is -0.120. The van der Waals surface area contributed by atoms with Crippen molar-refractivity contribution in [3.8, 4) is 0 Å². The molecule has 0 bridgehead atoms. The molecule has 2 fully saturated rings. The second kappa shape index (κ2) is 1.68. The van der Waals surface area contributed by atoms with Crippen molar-refractivity contribution in [2.45, 2.75) is 18.1 Å². The lowest BCUT2D eigenvalue weighted by atomic mass is 9.93. The van der Waals surface area contributed by atoms with Gasteiger partial charge in [-0.1, -0.05) is 0 Å². The lowest BCUT2D eigenvalue weighted by Crippen LogP contribution is -2.59. The average molecular weight is 129 g/mol. The number of ether oxygens (including phenoxy) is 1. The third kappa shape index (κ3) is 0.764. The van der Waals surface area contributed by atoms with Crippen LogP contribution in [0, 0.1) is 0 Å². The first-order chi connectivity index (χ1) is 4.31. The largest absolute Gasteiger partial charge is 0.391 e. The van der Waals surface area contributed by atoms with E-state index in [1.165, 1.54) is 0 Å². The fraction of sp³-hybridized carbons (Fsp3) is 1.00. The molecule has 3 heteroatoms. The van der Waals surface area contributed by atoms with Crippen LogP contribution in [0.25, 0.3) is 0 Å². The molecule has 0 aromatic rings. The van der Waals surface area contributed by atoms with Crippen molar-refractivity contribution in [2.75, 3.05) is 19.7 Å². The van der Waals surface area contributed by atoms with Crippen molar-refractivity contribution in [2.24, 2.45) is 0 Å². The van der Waals surface area contributed by atoms with E-state index in [0.717, 1.165) is 19.5 Å². The molecule has 0 aromatic heterocycles. The summed E-state index contributed by atoms with van der Waals surface area (Å²) in [6.45, 7) is 2.37. The topological polar surface area (TPSA) is 41.5 Å². The predicted molar refractivity (Wildman–Crippen MR) is 32.2 cm³/mol. The zero-order chi connectivity index (χ0) is 6.32. The first-order valence-electron chi connectivity index (χ1n) is 3.34. The second-order valence-electron chi connectivity index (χ2n) is 2.96. The van der Waals surface area contributed by atoms with Crippen molar-refractivity contribution in [1.82, 2.24) is 5.32 Å². The Bertz CT molecular complexity index is 122. The molecule has 0 radical (unpaired) electrons. The summed E-state index contributed by atoms with van der Waals surface area (Å²) in [6.07, 6.45) is 0.604. The Kier molecular flexibility index (Phi) is 1.06. The summed E-state index contributed by atoms with van der Waals surface area (Å²) < 4.78 is 5.38. The fourth-order valence-electron chi connectivity index (χ4n) is 1.47. The highest BCUT2D eigenvalue weighted by Crippen LogP contribution is 2.28. The lowest BCUT2D eigenvalue weighted by molar-refractivity contribution is -0.0370. The quantitative estimate of drug-likeness (QED) is 0.446. The molecule has 2 heterocycles. The summed E-state index contributed by atoms with van der Waals surface area (Å²) in [7, 11) is 0. The molecule has 2 N–H and O–H groups in total. The summed E-state index contributed by atoms with van der Waals surface area (Å²) >= 11 is 0. The van der Waals surface area contributed by atoms with Gasteiger partial charge in [-0.3, -0.25) is 0 Å². The summed E-state index contributed by atoms with van der Waals surface area (Å²) in [5, 5.41) is 12.2. The molecule has 2 aliphatic heterocycles. The molecule has 0 aromatic carbocycles. The minimum Gasteiger partial charge on any atom is -0.391 e. The Balaban J connectivity index is 1.99. The van der Waals surface area contributed by atoms with Gasteiger partial charge in [0.25, 0.3) is 0 Å². The highest BCUT2D eigenvalue weighted by molar-refractivity contribution is 4.99. The highest BCUT2D eigenvalue weighted by atomic mass is 16.5. The number of hydrogen-bond acceptors (Lipinski definition) is 3. The van der Waals surface area contributed by atoms with Gasteiger partial charge in [0.15, 0.2) is 0 Å². The third-order valence-electron chi connectivity index (χ3n) is 2.08. The lowest BCUT2D eigenvalue weighted by Gasteiger charge is -2.37. The first-order valence-corrected chi connectivity index (χ1v) is 3.34. The van der Waals surface area contributed by atoms with Gasteiger partial charge in [-0.2, -0.15) is 0 Å². The summed E-state index contributed by atoms with van der Waals surface area (Å²) in [6, 6.07) is 0. The van der Waals surface area contributed by atoms with Crippen LogP contribution in [-0.4, -0.2) is 36.5 Å². The van der Waals surface area contributed by atoms with Gasteiger partial charge in [-0.15, -0.1) is 0 Å².